The van der Waals surface area contributed by atoms with E-state index in [4.69, 9.17) is 4.74 Å². The zero-order valence-electron chi connectivity index (χ0n) is 13.6. The number of benzene rings is 1. The van der Waals surface area contributed by atoms with E-state index in [1.165, 1.54) is 7.11 Å². The van der Waals surface area contributed by atoms with Gasteiger partial charge in [0.15, 0.2) is 0 Å². The zero-order valence-corrected chi connectivity index (χ0v) is 13.6. The third-order valence-corrected chi connectivity index (χ3v) is 3.94. The van der Waals surface area contributed by atoms with Crippen LogP contribution in [0.2, 0.25) is 0 Å². The van der Waals surface area contributed by atoms with Crippen molar-refractivity contribution in [1.29, 1.82) is 0 Å². The summed E-state index contributed by atoms with van der Waals surface area (Å²) in [6, 6.07) is 9.66. The smallest absolute Gasteiger partial charge is 0.318 e. The van der Waals surface area contributed by atoms with Gasteiger partial charge in [0.05, 0.1) is 19.2 Å². The summed E-state index contributed by atoms with van der Waals surface area (Å²) >= 11 is 0. The third kappa shape index (κ3) is 3.40. The van der Waals surface area contributed by atoms with Crippen molar-refractivity contribution >= 4 is 12.0 Å². The van der Waals surface area contributed by atoms with Crippen LogP contribution in [0.3, 0.4) is 0 Å². The maximum absolute atomic E-state index is 12.4. The highest BCUT2D eigenvalue weighted by atomic mass is 16.5. The number of amides is 2. The fourth-order valence-corrected chi connectivity index (χ4v) is 2.97. The zero-order chi connectivity index (χ0) is 16.3. The van der Waals surface area contributed by atoms with Crippen LogP contribution in [0.15, 0.2) is 30.3 Å². The van der Waals surface area contributed by atoms with Crippen molar-refractivity contribution in [3.05, 3.63) is 35.9 Å². The van der Waals surface area contributed by atoms with Crippen molar-refractivity contribution in [2.75, 3.05) is 7.11 Å². The summed E-state index contributed by atoms with van der Waals surface area (Å²) in [7, 11) is 1.38. The monoisotopic (exact) mass is 304 g/mol. The summed E-state index contributed by atoms with van der Waals surface area (Å²) in [4.78, 5) is 25.7. The highest BCUT2D eigenvalue weighted by Gasteiger charge is 2.45. The van der Waals surface area contributed by atoms with Crippen molar-refractivity contribution in [3.63, 3.8) is 0 Å². The van der Waals surface area contributed by atoms with E-state index in [0.29, 0.717) is 12.8 Å². The number of hydrogen-bond donors (Lipinski definition) is 1. The molecule has 2 rings (SSSR count). The van der Waals surface area contributed by atoms with Crippen LogP contribution >= 0.6 is 0 Å². The molecule has 1 aromatic carbocycles. The van der Waals surface area contributed by atoms with E-state index in [0.717, 1.165) is 5.56 Å². The van der Waals surface area contributed by atoms with Gasteiger partial charge in [-0.2, -0.15) is 0 Å². The Balaban J connectivity index is 2.29. The van der Waals surface area contributed by atoms with Crippen LogP contribution in [-0.4, -0.2) is 35.6 Å². The summed E-state index contributed by atoms with van der Waals surface area (Å²) in [6.45, 7) is 6.06. The molecule has 120 valence electrons. The maximum Gasteiger partial charge on any atom is 0.318 e. The molecule has 1 aliphatic heterocycles. The van der Waals surface area contributed by atoms with Crippen LogP contribution in [-0.2, 0) is 9.53 Å². The second-order valence-electron chi connectivity index (χ2n) is 6.57. The molecule has 0 aliphatic carbocycles. The first-order valence-electron chi connectivity index (χ1n) is 7.56. The van der Waals surface area contributed by atoms with E-state index in [-0.39, 0.29) is 29.6 Å². The molecule has 0 aromatic heterocycles. The Bertz CT molecular complexity index is 537. The molecule has 1 saturated heterocycles. The molecular formula is C17H24N2O3. The van der Waals surface area contributed by atoms with E-state index in [9.17, 15) is 9.59 Å². The van der Waals surface area contributed by atoms with Crippen molar-refractivity contribution in [2.24, 2.45) is 0 Å². The van der Waals surface area contributed by atoms with Gasteiger partial charge in [0, 0.05) is 12.0 Å². The second kappa shape index (κ2) is 6.38. The molecule has 2 amide bonds. The van der Waals surface area contributed by atoms with Gasteiger partial charge in [-0.3, -0.25) is 4.79 Å². The van der Waals surface area contributed by atoms with Gasteiger partial charge in [-0.25, -0.2) is 4.79 Å². The van der Waals surface area contributed by atoms with Gasteiger partial charge in [0.2, 0.25) is 0 Å². The quantitative estimate of drug-likeness (QED) is 0.870. The summed E-state index contributed by atoms with van der Waals surface area (Å²) < 4.78 is 4.71. The minimum atomic E-state index is -0.301. The van der Waals surface area contributed by atoms with Gasteiger partial charge >= 0.3 is 12.0 Å². The first kappa shape index (κ1) is 16.3. The summed E-state index contributed by atoms with van der Waals surface area (Å²) in [5.74, 6) is -0.254. The predicted molar refractivity (Wildman–Crippen MR) is 84.3 cm³/mol. The van der Waals surface area contributed by atoms with Crippen LogP contribution < -0.4 is 5.32 Å². The second-order valence-corrected chi connectivity index (χ2v) is 6.57. The summed E-state index contributed by atoms with van der Waals surface area (Å²) in [5.41, 5.74) is 0.774. The standard InChI is InChI=1S/C17H24N2O3/c1-17(2,3)19-15(12-8-6-5-7-9-12)13(18-16(19)21)10-11-14(20)22-4/h5-9,13,15H,10-11H2,1-4H3,(H,18,21)/t13-,15-/m0/s1. The first-order valence-corrected chi connectivity index (χ1v) is 7.56. The first-order chi connectivity index (χ1) is 10.3. The Morgan fingerprint density at radius 1 is 1.27 bits per heavy atom. The average molecular weight is 304 g/mol. The van der Waals surface area contributed by atoms with E-state index < -0.39 is 0 Å². The van der Waals surface area contributed by atoms with Crippen molar-refractivity contribution < 1.29 is 14.3 Å². The van der Waals surface area contributed by atoms with Crippen LogP contribution in [0.5, 0.6) is 0 Å². The number of ether oxygens (including phenoxy) is 1. The van der Waals surface area contributed by atoms with Gasteiger partial charge in [-0.05, 0) is 32.8 Å². The molecule has 1 aromatic rings. The third-order valence-electron chi connectivity index (χ3n) is 3.94. The van der Waals surface area contributed by atoms with Crippen molar-refractivity contribution in [1.82, 2.24) is 10.2 Å². The minimum absolute atomic E-state index is 0.0849. The molecule has 5 heteroatoms. The topological polar surface area (TPSA) is 58.6 Å². The molecular weight excluding hydrogens is 280 g/mol. The lowest BCUT2D eigenvalue weighted by Gasteiger charge is -2.37. The molecule has 1 aliphatic rings. The van der Waals surface area contributed by atoms with E-state index in [2.05, 4.69) is 5.32 Å². The average Bonchev–Trinajstić information content (AvgIpc) is 2.82. The molecule has 1 N–H and O–H groups in total. The molecule has 1 fully saturated rings. The van der Waals surface area contributed by atoms with Gasteiger partial charge in [0.25, 0.3) is 0 Å². The van der Waals surface area contributed by atoms with Gasteiger partial charge in [0.1, 0.15) is 0 Å². The Labute approximate surface area is 131 Å². The SMILES string of the molecule is COC(=O)CC[C@@H]1NC(=O)N(C(C)(C)C)[C@H]1c1ccccc1. The fourth-order valence-electron chi connectivity index (χ4n) is 2.97. The highest BCUT2D eigenvalue weighted by molar-refractivity contribution is 5.79. The van der Waals surface area contributed by atoms with Gasteiger partial charge in [-0.1, -0.05) is 30.3 Å². The molecule has 0 saturated carbocycles. The Morgan fingerprint density at radius 3 is 2.45 bits per heavy atom. The van der Waals surface area contributed by atoms with Gasteiger partial charge < -0.3 is 15.0 Å². The predicted octanol–water partition coefficient (Wildman–Crippen LogP) is 2.87. The van der Waals surface area contributed by atoms with Crippen LogP contribution in [0.4, 0.5) is 4.79 Å². The number of hydrogen-bond acceptors (Lipinski definition) is 3. The molecule has 0 radical (unpaired) electrons. The molecule has 0 unspecified atom stereocenters. The van der Waals surface area contributed by atoms with E-state index in [1.807, 2.05) is 56.0 Å². The van der Waals surface area contributed by atoms with Crippen LogP contribution in [0.25, 0.3) is 0 Å². The number of esters is 1. The highest BCUT2D eigenvalue weighted by Crippen LogP contribution is 2.36. The Kier molecular flexibility index (Phi) is 4.74. The molecule has 2 atom stereocenters. The molecule has 0 spiro atoms. The molecule has 22 heavy (non-hydrogen) atoms. The normalized spacial score (nSPS) is 21.6. The Morgan fingerprint density at radius 2 is 1.91 bits per heavy atom. The van der Waals surface area contributed by atoms with Gasteiger partial charge in [-0.15, -0.1) is 0 Å². The number of carbonyl (C=O) groups is 2. The van der Waals surface area contributed by atoms with E-state index >= 15 is 0 Å². The van der Waals surface area contributed by atoms with Crippen molar-refractivity contribution in [3.8, 4) is 0 Å². The number of rotatable bonds is 4. The van der Waals surface area contributed by atoms with Crippen LogP contribution in [0.1, 0.15) is 45.2 Å². The largest absolute Gasteiger partial charge is 0.469 e. The van der Waals surface area contributed by atoms with Crippen LogP contribution in [0, 0.1) is 0 Å². The molecule has 1 heterocycles. The number of nitrogens with zero attached hydrogens (tertiary/aromatic N) is 1. The fraction of sp³-hybridized carbons (Fsp3) is 0.529. The Hall–Kier alpha value is -2.04. The van der Waals surface area contributed by atoms with Crippen molar-refractivity contribution in [2.45, 2.75) is 51.2 Å². The number of carbonyl (C=O) groups excluding carboxylic acids is 2. The lowest BCUT2D eigenvalue weighted by atomic mass is 9.93. The number of urea groups is 1. The minimum Gasteiger partial charge on any atom is -0.469 e. The van der Waals surface area contributed by atoms with E-state index in [1.54, 1.807) is 0 Å². The summed E-state index contributed by atoms with van der Waals surface area (Å²) in [5, 5.41) is 3.02. The molecule has 5 nitrogen and oxygen atoms in total. The summed E-state index contributed by atoms with van der Waals surface area (Å²) in [6.07, 6.45) is 0.854. The lowest BCUT2D eigenvalue weighted by Crippen LogP contribution is -2.44. The maximum atomic E-state index is 12.4. The lowest BCUT2D eigenvalue weighted by molar-refractivity contribution is -0.140. The molecule has 0 bridgehead atoms. The number of methoxy groups -OCH3 is 1. The number of nitrogens with one attached hydrogen (secondary N) is 1.